The molecule has 0 atom stereocenters. The second kappa shape index (κ2) is 5.59. The van der Waals surface area contributed by atoms with Gasteiger partial charge in [-0.25, -0.2) is 0 Å². The molecule has 0 heterocycles. The summed E-state index contributed by atoms with van der Waals surface area (Å²) >= 11 is 0. The van der Waals surface area contributed by atoms with Gasteiger partial charge in [-0.15, -0.1) is 0 Å². The maximum Gasteiger partial charge on any atom is 0.0649 e. The lowest BCUT2D eigenvalue weighted by Gasteiger charge is -2.27. The number of rotatable bonds is 6. The highest BCUT2D eigenvalue weighted by Crippen LogP contribution is 2.19. The maximum atomic E-state index is 5.77. The van der Waals surface area contributed by atoms with Gasteiger partial charge in [0.1, 0.15) is 0 Å². The van der Waals surface area contributed by atoms with Gasteiger partial charge in [-0.3, -0.25) is 0 Å². The predicted octanol–water partition coefficient (Wildman–Crippen LogP) is 3.38. The van der Waals surface area contributed by atoms with E-state index in [4.69, 9.17) is 4.74 Å². The minimum absolute atomic E-state index is 0.134. The molecule has 0 saturated carbocycles. The van der Waals surface area contributed by atoms with Gasteiger partial charge in [0.2, 0.25) is 0 Å². The lowest BCUT2D eigenvalue weighted by molar-refractivity contribution is -0.0381. The van der Waals surface area contributed by atoms with Crippen molar-refractivity contribution in [3.63, 3.8) is 0 Å². The Hall–Kier alpha value is -0.0400. The van der Waals surface area contributed by atoms with E-state index in [1.807, 2.05) is 0 Å². The Morgan fingerprint density at radius 1 is 1.09 bits per heavy atom. The minimum atomic E-state index is 0.134. The van der Waals surface area contributed by atoms with Crippen molar-refractivity contribution in [2.24, 2.45) is 0 Å². The van der Waals surface area contributed by atoms with Gasteiger partial charge in [0.05, 0.1) is 5.60 Å². The van der Waals surface area contributed by atoms with Gasteiger partial charge in [0.25, 0.3) is 0 Å². The Kier molecular flexibility index (Phi) is 5.57. The molecule has 0 aliphatic carbocycles. The van der Waals surface area contributed by atoms with E-state index in [1.54, 1.807) is 0 Å². The SMILES string of the molecule is CCCCOC(C)(CC)CC. The second-order valence-electron chi connectivity index (χ2n) is 3.36. The molecule has 0 amide bonds. The normalized spacial score (nSPS) is 12.0. The Bertz CT molecular complexity index is 84.9. The summed E-state index contributed by atoms with van der Waals surface area (Å²) in [7, 11) is 0. The third kappa shape index (κ3) is 4.41. The van der Waals surface area contributed by atoms with Gasteiger partial charge in [-0.1, -0.05) is 27.2 Å². The van der Waals surface area contributed by atoms with E-state index in [-0.39, 0.29) is 5.60 Å². The first-order valence-electron chi connectivity index (χ1n) is 4.82. The smallest absolute Gasteiger partial charge is 0.0649 e. The predicted molar refractivity (Wildman–Crippen MR) is 49.8 cm³/mol. The number of ether oxygens (including phenoxy) is 1. The fourth-order valence-corrected chi connectivity index (χ4v) is 0.917. The molecule has 1 nitrogen and oxygen atoms in total. The highest BCUT2D eigenvalue weighted by atomic mass is 16.5. The van der Waals surface area contributed by atoms with Crippen LogP contribution in [-0.2, 0) is 4.74 Å². The zero-order valence-corrected chi connectivity index (χ0v) is 8.44. The summed E-state index contributed by atoms with van der Waals surface area (Å²) in [6.45, 7) is 9.70. The van der Waals surface area contributed by atoms with Gasteiger partial charge < -0.3 is 4.74 Å². The van der Waals surface area contributed by atoms with Crippen molar-refractivity contribution in [3.8, 4) is 0 Å². The van der Waals surface area contributed by atoms with E-state index in [0.717, 1.165) is 19.4 Å². The van der Waals surface area contributed by atoms with Crippen LogP contribution in [0.4, 0.5) is 0 Å². The molecule has 0 bridgehead atoms. The van der Waals surface area contributed by atoms with Crippen LogP contribution in [0.1, 0.15) is 53.4 Å². The summed E-state index contributed by atoms with van der Waals surface area (Å²) in [6, 6.07) is 0. The Morgan fingerprint density at radius 3 is 2.00 bits per heavy atom. The first kappa shape index (κ1) is 11.0. The van der Waals surface area contributed by atoms with Crippen LogP contribution in [0.3, 0.4) is 0 Å². The lowest BCUT2D eigenvalue weighted by Crippen LogP contribution is -2.27. The topological polar surface area (TPSA) is 9.23 Å². The Morgan fingerprint density at radius 2 is 1.64 bits per heavy atom. The zero-order chi connectivity index (χ0) is 8.74. The molecule has 0 rings (SSSR count). The van der Waals surface area contributed by atoms with Crippen molar-refractivity contribution in [2.45, 2.75) is 59.0 Å². The molecule has 1 heteroatoms. The molecule has 68 valence electrons. The molecule has 0 spiro atoms. The molecular weight excluding hydrogens is 136 g/mol. The second-order valence-corrected chi connectivity index (χ2v) is 3.36. The van der Waals surface area contributed by atoms with Gasteiger partial charge >= 0.3 is 0 Å². The summed E-state index contributed by atoms with van der Waals surface area (Å²) in [5.41, 5.74) is 0.134. The van der Waals surface area contributed by atoms with E-state index in [0.29, 0.717) is 0 Å². The molecule has 0 aliphatic rings. The van der Waals surface area contributed by atoms with Crippen LogP contribution in [0, 0.1) is 0 Å². The quantitative estimate of drug-likeness (QED) is 0.538. The lowest BCUT2D eigenvalue weighted by atomic mass is 10.0. The van der Waals surface area contributed by atoms with Crippen LogP contribution >= 0.6 is 0 Å². The molecular formula is C10H22O. The summed E-state index contributed by atoms with van der Waals surface area (Å²) in [5.74, 6) is 0. The summed E-state index contributed by atoms with van der Waals surface area (Å²) in [5, 5.41) is 0. The van der Waals surface area contributed by atoms with Crippen LogP contribution < -0.4 is 0 Å². The van der Waals surface area contributed by atoms with Crippen LogP contribution in [0.15, 0.2) is 0 Å². The van der Waals surface area contributed by atoms with Crippen LogP contribution in [-0.4, -0.2) is 12.2 Å². The molecule has 11 heavy (non-hydrogen) atoms. The van der Waals surface area contributed by atoms with E-state index in [9.17, 15) is 0 Å². The molecule has 0 aliphatic heterocycles. The molecule has 0 aromatic carbocycles. The van der Waals surface area contributed by atoms with Crippen molar-refractivity contribution in [3.05, 3.63) is 0 Å². The van der Waals surface area contributed by atoms with Crippen molar-refractivity contribution in [2.75, 3.05) is 6.61 Å². The van der Waals surface area contributed by atoms with Crippen molar-refractivity contribution < 1.29 is 4.74 Å². The van der Waals surface area contributed by atoms with Crippen LogP contribution in [0.5, 0.6) is 0 Å². The summed E-state index contributed by atoms with van der Waals surface area (Å²) in [4.78, 5) is 0. The van der Waals surface area contributed by atoms with E-state index < -0.39 is 0 Å². The highest BCUT2D eigenvalue weighted by molar-refractivity contribution is 4.70. The van der Waals surface area contributed by atoms with E-state index >= 15 is 0 Å². The molecule has 0 fully saturated rings. The van der Waals surface area contributed by atoms with Crippen molar-refractivity contribution in [1.29, 1.82) is 0 Å². The third-order valence-corrected chi connectivity index (χ3v) is 2.44. The number of hydrogen-bond donors (Lipinski definition) is 0. The Balaban J connectivity index is 3.51. The molecule has 0 saturated heterocycles. The first-order valence-corrected chi connectivity index (χ1v) is 4.82. The maximum absolute atomic E-state index is 5.77. The minimum Gasteiger partial charge on any atom is -0.375 e. The van der Waals surface area contributed by atoms with Crippen LogP contribution in [0.2, 0.25) is 0 Å². The number of hydrogen-bond acceptors (Lipinski definition) is 1. The molecule has 0 aromatic rings. The standard InChI is InChI=1S/C10H22O/c1-5-8-9-11-10(4,6-2)7-3/h5-9H2,1-4H3. The fraction of sp³-hybridized carbons (Fsp3) is 1.00. The van der Waals surface area contributed by atoms with Gasteiger partial charge in [-0.05, 0) is 26.2 Å². The first-order chi connectivity index (χ1) is 5.18. The largest absolute Gasteiger partial charge is 0.375 e. The van der Waals surface area contributed by atoms with Crippen LogP contribution in [0.25, 0.3) is 0 Å². The fourth-order valence-electron chi connectivity index (χ4n) is 0.917. The molecule has 0 aromatic heterocycles. The van der Waals surface area contributed by atoms with Gasteiger partial charge in [0.15, 0.2) is 0 Å². The molecule has 0 unspecified atom stereocenters. The highest BCUT2D eigenvalue weighted by Gasteiger charge is 2.18. The van der Waals surface area contributed by atoms with Gasteiger partial charge in [-0.2, -0.15) is 0 Å². The average molecular weight is 158 g/mol. The number of unbranched alkanes of at least 4 members (excludes halogenated alkanes) is 1. The summed E-state index contributed by atoms with van der Waals surface area (Å²) in [6.07, 6.45) is 4.65. The van der Waals surface area contributed by atoms with Crippen molar-refractivity contribution in [1.82, 2.24) is 0 Å². The monoisotopic (exact) mass is 158 g/mol. The molecule has 0 radical (unpaired) electrons. The third-order valence-electron chi connectivity index (χ3n) is 2.44. The summed E-state index contributed by atoms with van der Waals surface area (Å²) < 4.78 is 5.77. The molecule has 0 N–H and O–H groups in total. The zero-order valence-electron chi connectivity index (χ0n) is 8.44. The van der Waals surface area contributed by atoms with Crippen molar-refractivity contribution >= 4 is 0 Å². The van der Waals surface area contributed by atoms with E-state index in [1.165, 1.54) is 12.8 Å². The Labute approximate surface area is 71.1 Å². The van der Waals surface area contributed by atoms with E-state index in [2.05, 4.69) is 27.7 Å². The average Bonchev–Trinajstić information content (AvgIpc) is 2.05. The van der Waals surface area contributed by atoms with Gasteiger partial charge in [0, 0.05) is 6.61 Å².